The molecule has 4 rings (SSSR count). The van der Waals surface area contributed by atoms with Gasteiger partial charge in [0.2, 0.25) is 0 Å². The molecule has 140 valence electrons. The molecule has 3 aromatic rings. The first-order valence-electron chi connectivity index (χ1n) is 8.91. The summed E-state index contributed by atoms with van der Waals surface area (Å²) >= 11 is 1.72. The number of carbonyl (C=O) groups is 2. The second-order valence-electron chi connectivity index (χ2n) is 6.26. The van der Waals surface area contributed by atoms with E-state index in [9.17, 15) is 9.59 Å². The maximum atomic E-state index is 13.1. The number of hydrogen-bond acceptors (Lipinski definition) is 5. The van der Waals surface area contributed by atoms with Crippen LogP contribution in [0.3, 0.4) is 0 Å². The van der Waals surface area contributed by atoms with Gasteiger partial charge in [0.05, 0.1) is 11.7 Å². The Bertz CT molecular complexity index is 979. The van der Waals surface area contributed by atoms with Crippen molar-refractivity contribution in [1.29, 1.82) is 0 Å². The molecule has 0 saturated heterocycles. The molecule has 0 fully saturated rings. The van der Waals surface area contributed by atoms with E-state index in [4.69, 9.17) is 4.74 Å². The van der Waals surface area contributed by atoms with Crippen LogP contribution in [0.5, 0.6) is 0 Å². The van der Waals surface area contributed by atoms with Crippen LogP contribution in [0, 0.1) is 0 Å². The smallest absolute Gasteiger partial charge is 0.357 e. The fraction of sp³-hybridized carbons (Fsp3) is 0.136. The number of pyridine rings is 1. The van der Waals surface area contributed by atoms with Gasteiger partial charge in [0, 0.05) is 16.8 Å². The van der Waals surface area contributed by atoms with Crippen LogP contribution in [0.15, 0.2) is 83.9 Å². The highest BCUT2D eigenvalue weighted by Crippen LogP contribution is 2.43. The van der Waals surface area contributed by atoms with Crippen LogP contribution in [0.4, 0.5) is 5.69 Å². The van der Waals surface area contributed by atoms with E-state index in [0.29, 0.717) is 0 Å². The normalized spacial score (nSPS) is 15.6. The summed E-state index contributed by atoms with van der Waals surface area (Å²) in [7, 11) is 0. The number of anilines is 1. The van der Waals surface area contributed by atoms with Crippen LogP contribution in [-0.2, 0) is 9.53 Å². The number of amides is 1. The van der Waals surface area contributed by atoms with E-state index in [1.54, 1.807) is 34.9 Å². The molecular formula is C22H18N2O3S. The number of aromatic nitrogens is 1. The Morgan fingerprint density at radius 2 is 1.75 bits per heavy atom. The molecule has 2 aromatic carbocycles. The number of esters is 1. The number of fused-ring (bicyclic) bond motifs is 1. The molecule has 0 saturated carbocycles. The number of benzene rings is 2. The summed E-state index contributed by atoms with van der Waals surface area (Å²) in [6.07, 6.45) is 1.52. The standard InChI is InChI=1S/C22H18N2O3S/c25-21(14-27-22(26)17-10-6-7-13-23-17)24-18-11-4-5-12-20(18)28-15-19(24)16-8-2-1-3-9-16/h1-13,19H,14-15H2. The van der Waals surface area contributed by atoms with Crippen molar-refractivity contribution in [2.24, 2.45) is 0 Å². The van der Waals surface area contributed by atoms with Crippen LogP contribution in [0.1, 0.15) is 22.1 Å². The first kappa shape index (κ1) is 18.3. The lowest BCUT2D eigenvalue weighted by Crippen LogP contribution is -2.41. The summed E-state index contributed by atoms with van der Waals surface area (Å²) in [4.78, 5) is 32.0. The topological polar surface area (TPSA) is 59.5 Å². The first-order chi connectivity index (χ1) is 13.7. The van der Waals surface area contributed by atoms with Gasteiger partial charge in [0.25, 0.3) is 5.91 Å². The third-order valence-corrected chi connectivity index (χ3v) is 5.63. The van der Waals surface area contributed by atoms with Gasteiger partial charge < -0.3 is 4.74 Å². The van der Waals surface area contributed by atoms with Crippen molar-refractivity contribution in [1.82, 2.24) is 4.98 Å². The zero-order valence-electron chi connectivity index (χ0n) is 15.0. The Kier molecular flexibility index (Phi) is 5.39. The third-order valence-electron chi connectivity index (χ3n) is 4.49. The molecule has 0 aliphatic carbocycles. The fourth-order valence-corrected chi connectivity index (χ4v) is 4.34. The number of nitrogens with zero attached hydrogens (tertiary/aromatic N) is 2. The van der Waals surface area contributed by atoms with Gasteiger partial charge in [-0.3, -0.25) is 9.69 Å². The lowest BCUT2D eigenvalue weighted by molar-refractivity contribution is -0.122. The summed E-state index contributed by atoms with van der Waals surface area (Å²) < 4.78 is 5.24. The van der Waals surface area contributed by atoms with Crippen molar-refractivity contribution >= 4 is 29.3 Å². The number of ether oxygens (including phenoxy) is 1. The summed E-state index contributed by atoms with van der Waals surface area (Å²) in [5.41, 5.74) is 2.07. The first-order valence-corrected chi connectivity index (χ1v) is 9.89. The predicted octanol–water partition coefficient (Wildman–Crippen LogP) is 4.12. The highest BCUT2D eigenvalue weighted by Gasteiger charge is 2.33. The van der Waals surface area contributed by atoms with Gasteiger partial charge >= 0.3 is 5.97 Å². The zero-order valence-corrected chi connectivity index (χ0v) is 15.8. The maximum Gasteiger partial charge on any atom is 0.357 e. The summed E-state index contributed by atoms with van der Waals surface area (Å²) in [5, 5.41) is 0. The SMILES string of the molecule is O=C(OCC(=O)N1c2ccccc2SCC1c1ccccc1)c1ccccn1. The fourth-order valence-electron chi connectivity index (χ4n) is 3.17. The van der Waals surface area contributed by atoms with E-state index >= 15 is 0 Å². The highest BCUT2D eigenvalue weighted by atomic mass is 32.2. The lowest BCUT2D eigenvalue weighted by Gasteiger charge is -2.37. The van der Waals surface area contributed by atoms with Crippen LogP contribution >= 0.6 is 11.8 Å². The molecule has 0 radical (unpaired) electrons. The molecule has 1 amide bonds. The minimum absolute atomic E-state index is 0.123. The zero-order chi connectivity index (χ0) is 19.3. The molecule has 2 heterocycles. The molecule has 5 nitrogen and oxygen atoms in total. The molecule has 1 atom stereocenters. The molecule has 28 heavy (non-hydrogen) atoms. The van der Waals surface area contributed by atoms with E-state index < -0.39 is 5.97 Å². The van der Waals surface area contributed by atoms with Crippen LogP contribution in [0.25, 0.3) is 0 Å². The molecule has 1 aromatic heterocycles. The Morgan fingerprint density at radius 3 is 2.54 bits per heavy atom. The Labute approximate surface area is 167 Å². The number of rotatable bonds is 4. The van der Waals surface area contributed by atoms with Crippen molar-refractivity contribution in [3.8, 4) is 0 Å². The molecule has 1 aliphatic heterocycles. The van der Waals surface area contributed by atoms with Gasteiger partial charge in [-0.2, -0.15) is 0 Å². The number of thioether (sulfide) groups is 1. The third kappa shape index (κ3) is 3.77. The Hall–Kier alpha value is -3.12. The lowest BCUT2D eigenvalue weighted by atomic mass is 10.1. The molecule has 1 aliphatic rings. The van der Waals surface area contributed by atoms with Crippen molar-refractivity contribution in [3.63, 3.8) is 0 Å². The van der Waals surface area contributed by atoms with Gasteiger partial charge in [-0.25, -0.2) is 9.78 Å². The largest absolute Gasteiger partial charge is 0.451 e. The summed E-state index contributed by atoms with van der Waals surface area (Å²) in [6.45, 7) is -0.336. The van der Waals surface area contributed by atoms with Gasteiger partial charge in [-0.15, -0.1) is 11.8 Å². The van der Waals surface area contributed by atoms with Crippen molar-refractivity contribution in [3.05, 3.63) is 90.3 Å². The number of para-hydroxylation sites is 1. The van der Waals surface area contributed by atoms with E-state index in [0.717, 1.165) is 21.9 Å². The second kappa shape index (κ2) is 8.27. The van der Waals surface area contributed by atoms with Crippen molar-refractivity contribution < 1.29 is 14.3 Å². The van der Waals surface area contributed by atoms with Crippen molar-refractivity contribution in [2.75, 3.05) is 17.3 Å². The van der Waals surface area contributed by atoms with Crippen LogP contribution in [-0.4, -0.2) is 29.2 Å². The monoisotopic (exact) mass is 390 g/mol. The van der Waals surface area contributed by atoms with Crippen molar-refractivity contribution in [2.45, 2.75) is 10.9 Å². The second-order valence-corrected chi connectivity index (χ2v) is 7.32. The number of hydrogen-bond donors (Lipinski definition) is 0. The molecule has 0 spiro atoms. The molecule has 6 heteroatoms. The van der Waals surface area contributed by atoms with Crippen LogP contribution in [0.2, 0.25) is 0 Å². The summed E-state index contributed by atoms with van der Waals surface area (Å²) in [6, 6.07) is 22.6. The minimum atomic E-state index is -0.607. The van der Waals surface area contributed by atoms with Gasteiger partial charge in [0.1, 0.15) is 5.69 Å². The molecular weight excluding hydrogens is 372 g/mol. The molecule has 0 N–H and O–H groups in total. The van der Waals surface area contributed by atoms with E-state index in [2.05, 4.69) is 4.98 Å². The number of carbonyl (C=O) groups excluding carboxylic acids is 2. The Balaban J connectivity index is 1.58. The predicted molar refractivity (Wildman–Crippen MR) is 108 cm³/mol. The Morgan fingerprint density at radius 1 is 1.00 bits per heavy atom. The van der Waals surface area contributed by atoms with Crippen LogP contribution < -0.4 is 4.90 Å². The average Bonchev–Trinajstić information content (AvgIpc) is 2.77. The van der Waals surface area contributed by atoms with E-state index in [-0.39, 0.29) is 24.2 Å². The highest BCUT2D eigenvalue weighted by molar-refractivity contribution is 7.99. The summed E-state index contributed by atoms with van der Waals surface area (Å²) in [5.74, 6) is -0.128. The van der Waals surface area contributed by atoms with Gasteiger partial charge in [-0.05, 0) is 29.8 Å². The molecule has 0 bridgehead atoms. The minimum Gasteiger partial charge on any atom is -0.451 e. The van der Waals surface area contributed by atoms with E-state index in [1.807, 2.05) is 54.6 Å². The average molecular weight is 390 g/mol. The van der Waals surface area contributed by atoms with E-state index in [1.165, 1.54) is 6.20 Å². The van der Waals surface area contributed by atoms with Gasteiger partial charge in [-0.1, -0.05) is 48.5 Å². The maximum absolute atomic E-state index is 13.1. The van der Waals surface area contributed by atoms with Gasteiger partial charge in [0.15, 0.2) is 6.61 Å². The quantitative estimate of drug-likeness (QED) is 0.627. The molecule has 1 unspecified atom stereocenters.